The zero-order chi connectivity index (χ0) is 12.3. The molecule has 0 aliphatic heterocycles. The van der Waals surface area contributed by atoms with Gasteiger partial charge < -0.3 is 11.1 Å². The molecule has 3 N–H and O–H groups in total. The standard InChI is InChI=1S/C13H25N3O/c1-2-15-13(17)7-12(8-14)16(11-5-6-11)9-10-3-4-10/h10-12H,2-9,14H2,1H3,(H,15,17). The van der Waals surface area contributed by atoms with Crippen LogP contribution in [0, 0.1) is 5.92 Å². The highest BCUT2D eigenvalue weighted by Gasteiger charge is 2.37. The lowest BCUT2D eigenvalue weighted by Gasteiger charge is -2.30. The van der Waals surface area contributed by atoms with Gasteiger partial charge in [0.25, 0.3) is 0 Å². The topological polar surface area (TPSA) is 58.4 Å². The second-order valence-corrected chi connectivity index (χ2v) is 5.42. The Morgan fingerprint density at radius 1 is 1.41 bits per heavy atom. The summed E-state index contributed by atoms with van der Waals surface area (Å²) < 4.78 is 0. The Morgan fingerprint density at radius 3 is 2.59 bits per heavy atom. The molecule has 4 nitrogen and oxygen atoms in total. The van der Waals surface area contributed by atoms with Crippen LogP contribution >= 0.6 is 0 Å². The van der Waals surface area contributed by atoms with Crippen molar-refractivity contribution in [2.75, 3.05) is 19.6 Å². The van der Waals surface area contributed by atoms with Gasteiger partial charge >= 0.3 is 0 Å². The van der Waals surface area contributed by atoms with Crippen molar-refractivity contribution < 1.29 is 4.79 Å². The van der Waals surface area contributed by atoms with Crippen LogP contribution in [0.15, 0.2) is 0 Å². The lowest BCUT2D eigenvalue weighted by atomic mass is 10.1. The van der Waals surface area contributed by atoms with Crippen LogP contribution in [0.1, 0.15) is 39.0 Å². The fourth-order valence-corrected chi connectivity index (χ4v) is 2.42. The molecule has 2 aliphatic rings. The normalized spacial score (nSPS) is 21.6. The number of amides is 1. The molecule has 0 heterocycles. The number of carbonyl (C=O) groups is 1. The maximum Gasteiger partial charge on any atom is 0.221 e. The molecule has 0 bridgehead atoms. The van der Waals surface area contributed by atoms with Gasteiger partial charge in [0.15, 0.2) is 0 Å². The average molecular weight is 239 g/mol. The monoisotopic (exact) mass is 239 g/mol. The molecule has 0 saturated heterocycles. The summed E-state index contributed by atoms with van der Waals surface area (Å²) in [7, 11) is 0. The predicted molar refractivity (Wildman–Crippen MR) is 68.6 cm³/mol. The Kier molecular flexibility index (Phi) is 4.40. The summed E-state index contributed by atoms with van der Waals surface area (Å²) in [6.07, 6.45) is 5.87. The third-order valence-electron chi connectivity index (χ3n) is 3.72. The van der Waals surface area contributed by atoms with Gasteiger partial charge in [-0.15, -0.1) is 0 Å². The van der Waals surface area contributed by atoms with Crippen LogP contribution < -0.4 is 11.1 Å². The van der Waals surface area contributed by atoms with Crippen molar-refractivity contribution in [1.29, 1.82) is 0 Å². The predicted octanol–water partition coefficient (Wildman–Crippen LogP) is 0.714. The van der Waals surface area contributed by atoms with Crippen LogP contribution in [-0.2, 0) is 4.79 Å². The van der Waals surface area contributed by atoms with E-state index >= 15 is 0 Å². The largest absolute Gasteiger partial charge is 0.356 e. The molecule has 2 rings (SSSR count). The summed E-state index contributed by atoms with van der Waals surface area (Å²) in [5, 5.41) is 2.87. The number of hydrogen-bond donors (Lipinski definition) is 2. The van der Waals surface area contributed by atoms with E-state index in [1.54, 1.807) is 0 Å². The van der Waals surface area contributed by atoms with E-state index in [1.165, 1.54) is 25.7 Å². The van der Waals surface area contributed by atoms with Crippen LogP contribution in [0.25, 0.3) is 0 Å². The number of carbonyl (C=O) groups excluding carboxylic acids is 1. The number of nitrogens with zero attached hydrogens (tertiary/aromatic N) is 1. The Morgan fingerprint density at radius 2 is 2.12 bits per heavy atom. The van der Waals surface area contributed by atoms with Gasteiger partial charge in [0.1, 0.15) is 0 Å². The highest BCUT2D eigenvalue weighted by Crippen LogP contribution is 2.36. The third-order valence-corrected chi connectivity index (χ3v) is 3.72. The van der Waals surface area contributed by atoms with Crippen LogP contribution in [0.5, 0.6) is 0 Å². The first kappa shape index (κ1) is 12.8. The molecule has 2 aliphatic carbocycles. The number of nitrogens with one attached hydrogen (secondary N) is 1. The zero-order valence-corrected chi connectivity index (χ0v) is 10.8. The fraction of sp³-hybridized carbons (Fsp3) is 0.923. The molecule has 2 fully saturated rings. The maximum atomic E-state index is 11.7. The molecule has 1 atom stereocenters. The first-order valence-corrected chi connectivity index (χ1v) is 6.97. The fourth-order valence-electron chi connectivity index (χ4n) is 2.42. The van der Waals surface area contributed by atoms with Gasteiger partial charge in [0.05, 0.1) is 0 Å². The molecule has 1 unspecified atom stereocenters. The Labute approximate surface area is 104 Å². The Hall–Kier alpha value is -0.610. The van der Waals surface area contributed by atoms with Gasteiger partial charge in [-0.2, -0.15) is 0 Å². The number of hydrogen-bond acceptors (Lipinski definition) is 3. The van der Waals surface area contributed by atoms with Crippen molar-refractivity contribution in [3.8, 4) is 0 Å². The first-order chi connectivity index (χ1) is 8.24. The van der Waals surface area contributed by atoms with E-state index in [1.807, 2.05) is 6.92 Å². The molecule has 0 aromatic heterocycles. The average Bonchev–Trinajstić information content (AvgIpc) is 3.16. The highest BCUT2D eigenvalue weighted by atomic mass is 16.1. The van der Waals surface area contributed by atoms with Gasteiger partial charge in [-0.1, -0.05) is 0 Å². The summed E-state index contributed by atoms with van der Waals surface area (Å²) in [5.41, 5.74) is 5.86. The molecule has 0 aromatic carbocycles. The molecule has 98 valence electrons. The van der Waals surface area contributed by atoms with Gasteiger partial charge in [0, 0.05) is 38.1 Å². The van der Waals surface area contributed by atoms with Gasteiger partial charge in [0.2, 0.25) is 5.91 Å². The van der Waals surface area contributed by atoms with E-state index in [0.29, 0.717) is 25.6 Å². The van der Waals surface area contributed by atoms with Crippen LogP contribution in [0.4, 0.5) is 0 Å². The van der Waals surface area contributed by atoms with Crippen molar-refractivity contribution in [3.05, 3.63) is 0 Å². The van der Waals surface area contributed by atoms with E-state index in [9.17, 15) is 4.79 Å². The molecule has 0 spiro atoms. The minimum atomic E-state index is 0.143. The minimum Gasteiger partial charge on any atom is -0.356 e. The van der Waals surface area contributed by atoms with Gasteiger partial charge in [-0.05, 0) is 38.5 Å². The maximum absolute atomic E-state index is 11.7. The summed E-state index contributed by atoms with van der Waals surface area (Å²) in [6.45, 7) is 4.42. The Bertz CT molecular complexity index is 261. The number of rotatable bonds is 8. The van der Waals surface area contributed by atoms with Crippen molar-refractivity contribution in [2.24, 2.45) is 11.7 Å². The molecule has 1 amide bonds. The van der Waals surface area contributed by atoms with Crippen molar-refractivity contribution in [1.82, 2.24) is 10.2 Å². The smallest absolute Gasteiger partial charge is 0.221 e. The van der Waals surface area contributed by atoms with Crippen molar-refractivity contribution in [2.45, 2.75) is 51.1 Å². The highest BCUT2D eigenvalue weighted by molar-refractivity contribution is 5.76. The number of nitrogens with two attached hydrogens (primary N) is 1. The third kappa shape index (κ3) is 3.96. The van der Waals surface area contributed by atoms with E-state index < -0.39 is 0 Å². The second kappa shape index (κ2) is 5.83. The summed E-state index contributed by atoms with van der Waals surface area (Å²) in [6, 6.07) is 0.952. The van der Waals surface area contributed by atoms with E-state index in [4.69, 9.17) is 5.73 Å². The molecule has 0 radical (unpaired) electrons. The van der Waals surface area contributed by atoms with E-state index in [0.717, 1.165) is 12.5 Å². The molecular formula is C13H25N3O. The summed E-state index contributed by atoms with van der Waals surface area (Å²) in [4.78, 5) is 14.2. The first-order valence-electron chi connectivity index (χ1n) is 6.97. The van der Waals surface area contributed by atoms with E-state index in [-0.39, 0.29) is 11.9 Å². The molecule has 17 heavy (non-hydrogen) atoms. The van der Waals surface area contributed by atoms with Crippen LogP contribution in [0.3, 0.4) is 0 Å². The zero-order valence-electron chi connectivity index (χ0n) is 10.8. The van der Waals surface area contributed by atoms with Crippen LogP contribution in [-0.4, -0.2) is 42.5 Å². The molecular weight excluding hydrogens is 214 g/mol. The molecule has 2 saturated carbocycles. The lowest BCUT2D eigenvalue weighted by Crippen LogP contribution is -2.46. The minimum absolute atomic E-state index is 0.143. The molecule has 0 aromatic rings. The van der Waals surface area contributed by atoms with E-state index in [2.05, 4.69) is 10.2 Å². The summed E-state index contributed by atoms with van der Waals surface area (Å²) in [5.74, 6) is 1.02. The summed E-state index contributed by atoms with van der Waals surface area (Å²) >= 11 is 0. The van der Waals surface area contributed by atoms with Crippen LogP contribution in [0.2, 0.25) is 0 Å². The quantitative estimate of drug-likeness (QED) is 0.656. The van der Waals surface area contributed by atoms with Gasteiger partial charge in [-0.3, -0.25) is 9.69 Å². The van der Waals surface area contributed by atoms with Crippen molar-refractivity contribution in [3.63, 3.8) is 0 Å². The molecule has 4 heteroatoms. The van der Waals surface area contributed by atoms with Crippen molar-refractivity contribution >= 4 is 5.91 Å². The van der Waals surface area contributed by atoms with Gasteiger partial charge in [-0.25, -0.2) is 0 Å². The SMILES string of the molecule is CCNC(=O)CC(CN)N(CC1CC1)C1CC1. The Balaban J connectivity index is 1.85. The lowest BCUT2D eigenvalue weighted by molar-refractivity contribution is -0.122. The second-order valence-electron chi connectivity index (χ2n) is 5.42.